The van der Waals surface area contributed by atoms with Gasteiger partial charge in [0.2, 0.25) is 5.43 Å². The number of aromatic nitrogens is 1. The minimum Gasteiger partial charge on any atom is -0.477 e. The Labute approximate surface area is 176 Å². The molecule has 0 radical (unpaired) electrons. The number of pyridine rings is 1. The molecule has 5 N–H and O–H groups in total. The zero-order chi connectivity index (χ0) is 22.8. The molecule has 31 heavy (non-hydrogen) atoms. The minimum absolute atomic E-state index is 0.150. The monoisotopic (exact) mass is 456 g/mol. The topological polar surface area (TPSA) is 115 Å². The molecule has 12 heteroatoms. The third-order valence-electron chi connectivity index (χ3n) is 5.03. The summed E-state index contributed by atoms with van der Waals surface area (Å²) < 4.78 is 57.9. The van der Waals surface area contributed by atoms with Crippen molar-refractivity contribution >= 4 is 39.8 Å². The lowest BCUT2D eigenvalue weighted by atomic mass is 10.0. The van der Waals surface area contributed by atoms with Crippen LogP contribution < -0.4 is 21.8 Å². The highest BCUT2D eigenvalue weighted by Crippen LogP contribution is 2.39. The van der Waals surface area contributed by atoms with Gasteiger partial charge in [-0.1, -0.05) is 11.6 Å². The van der Waals surface area contributed by atoms with Crippen molar-refractivity contribution in [1.29, 1.82) is 0 Å². The highest BCUT2D eigenvalue weighted by Gasteiger charge is 2.31. The van der Waals surface area contributed by atoms with Gasteiger partial charge in [0.25, 0.3) is 0 Å². The molecule has 0 saturated carbocycles. The second-order valence-corrected chi connectivity index (χ2v) is 7.43. The number of aromatic carboxylic acids is 1. The van der Waals surface area contributed by atoms with E-state index in [4.69, 9.17) is 23.1 Å². The zero-order valence-electron chi connectivity index (χ0n) is 15.4. The maximum atomic E-state index is 14.8. The first-order valence-corrected chi connectivity index (χ1v) is 9.15. The Bertz CT molecular complexity index is 1340. The molecular weight excluding hydrogens is 444 g/mol. The van der Waals surface area contributed by atoms with Gasteiger partial charge >= 0.3 is 5.97 Å². The molecule has 0 amide bonds. The zero-order valence-corrected chi connectivity index (χ0v) is 16.2. The molecule has 1 fully saturated rings. The predicted octanol–water partition coefficient (Wildman–Crippen LogP) is 2.63. The first-order valence-electron chi connectivity index (χ1n) is 8.77. The quantitative estimate of drug-likeness (QED) is 0.317. The molecule has 2 heterocycles. The maximum absolute atomic E-state index is 14.8. The van der Waals surface area contributed by atoms with E-state index in [2.05, 4.69) is 0 Å². The number of carboxylic acids is 1. The Hall–Kier alpha value is -3.31. The lowest BCUT2D eigenvalue weighted by Gasteiger charge is -2.39. The van der Waals surface area contributed by atoms with Crippen molar-refractivity contribution in [3.63, 3.8) is 0 Å². The van der Waals surface area contributed by atoms with E-state index in [1.807, 2.05) is 0 Å². The number of fused-ring (bicyclic) bond motifs is 1. The van der Waals surface area contributed by atoms with E-state index in [1.54, 1.807) is 0 Å². The molecule has 1 saturated heterocycles. The molecule has 2 aromatic carbocycles. The Balaban J connectivity index is 2.16. The normalized spacial score (nSPS) is 14.2. The Kier molecular flexibility index (Phi) is 4.82. The molecule has 0 bridgehead atoms. The van der Waals surface area contributed by atoms with Crippen molar-refractivity contribution in [2.75, 3.05) is 23.7 Å². The van der Waals surface area contributed by atoms with E-state index in [-0.39, 0.29) is 35.4 Å². The molecule has 4 rings (SSSR count). The number of benzene rings is 2. The van der Waals surface area contributed by atoms with E-state index in [0.29, 0.717) is 12.3 Å². The van der Waals surface area contributed by atoms with Crippen LogP contribution >= 0.6 is 11.6 Å². The van der Waals surface area contributed by atoms with E-state index < -0.39 is 57.0 Å². The summed E-state index contributed by atoms with van der Waals surface area (Å²) in [6, 6.07) is 1.22. The van der Waals surface area contributed by atoms with Crippen LogP contribution in [-0.4, -0.2) is 34.8 Å². The summed E-state index contributed by atoms with van der Waals surface area (Å²) in [5.41, 5.74) is 7.20. The number of nitrogens with zero attached hydrogens (tertiary/aromatic N) is 2. The first-order chi connectivity index (χ1) is 14.5. The van der Waals surface area contributed by atoms with Gasteiger partial charge in [0.05, 0.1) is 33.0 Å². The fourth-order valence-corrected chi connectivity index (χ4v) is 3.92. The van der Waals surface area contributed by atoms with Gasteiger partial charge in [-0.15, -0.1) is 0 Å². The van der Waals surface area contributed by atoms with Crippen LogP contribution in [0, 0.1) is 23.3 Å². The average molecular weight is 457 g/mol. The molecule has 3 aromatic rings. The van der Waals surface area contributed by atoms with Crippen LogP contribution in [0.2, 0.25) is 5.02 Å². The van der Waals surface area contributed by atoms with Gasteiger partial charge in [0.15, 0.2) is 17.5 Å². The lowest BCUT2D eigenvalue weighted by molar-refractivity contribution is 0.0695. The number of anilines is 2. The first kappa shape index (κ1) is 20.9. The summed E-state index contributed by atoms with van der Waals surface area (Å²) in [4.78, 5) is 25.7. The van der Waals surface area contributed by atoms with Crippen molar-refractivity contribution in [2.24, 2.45) is 5.73 Å². The van der Waals surface area contributed by atoms with Crippen LogP contribution in [-0.2, 0) is 0 Å². The molecule has 0 unspecified atom stereocenters. The molecule has 0 atom stereocenters. The Morgan fingerprint density at radius 2 is 1.77 bits per heavy atom. The van der Waals surface area contributed by atoms with Crippen LogP contribution in [0.15, 0.2) is 23.1 Å². The van der Waals surface area contributed by atoms with E-state index in [9.17, 15) is 32.3 Å². The molecular formula is C19H13ClF4N4O3. The Morgan fingerprint density at radius 3 is 2.35 bits per heavy atom. The fraction of sp³-hybridized carbons (Fsp3) is 0.158. The third kappa shape index (κ3) is 3.08. The van der Waals surface area contributed by atoms with E-state index >= 15 is 0 Å². The van der Waals surface area contributed by atoms with Crippen molar-refractivity contribution in [2.45, 2.75) is 6.04 Å². The molecule has 7 nitrogen and oxygen atoms in total. The number of hydrogen-bond donors (Lipinski definition) is 3. The number of halogens is 5. The van der Waals surface area contributed by atoms with Gasteiger partial charge < -0.3 is 26.0 Å². The molecule has 162 valence electrons. The van der Waals surface area contributed by atoms with E-state index in [0.717, 1.165) is 10.6 Å². The molecule has 1 aromatic heterocycles. The maximum Gasteiger partial charge on any atom is 0.341 e. The summed E-state index contributed by atoms with van der Waals surface area (Å²) in [5.74, 6) is -7.89. The number of carboxylic acid groups (broad SMARTS) is 1. The molecule has 0 spiro atoms. The Morgan fingerprint density at radius 1 is 1.13 bits per heavy atom. The largest absolute Gasteiger partial charge is 0.477 e. The van der Waals surface area contributed by atoms with Crippen LogP contribution in [0.3, 0.4) is 0 Å². The van der Waals surface area contributed by atoms with Crippen LogP contribution in [0.4, 0.5) is 28.9 Å². The summed E-state index contributed by atoms with van der Waals surface area (Å²) in [5, 5.41) is 8.50. The lowest BCUT2D eigenvalue weighted by Crippen LogP contribution is -2.56. The third-order valence-corrected chi connectivity index (χ3v) is 5.39. The summed E-state index contributed by atoms with van der Waals surface area (Å²) >= 11 is 6.37. The molecule has 0 aliphatic carbocycles. The molecule has 1 aliphatic heterocycles. The average Bonchev–Trinajstić information content (AvgIpc) is 2.68. The summed E-state index contributed by atoms with van der Waals surface area (Å²) in [7, 11) is 0. The summed E-state index contributed by atoms with van der Waals surface area (Å²) in [6.45, 7) is 0.484. The fourth-order valence-electron chi connectivity index (χ4n) is 3.52. The highest BCUT2D eigenvalue weighted by molar-refractivity contribution is 6.38. The number of rotatable bonds is 3. The number of hydrogen-bond acceptors (Lipinski definition) is 5. The second kappa shape index (κ2) is 7.13. The minimum atomic E-state index is -1.91. The number of nitrogen functional groups attached to an aromatic ring is 1. The van der Waals surface area contributed by atoms with Crippen molar-refractivity contribution in [3.8, 4) is 5.69 Å². The number of nitrogens with two attached hydrogens (primary N) is 2. The van der Waals surface area contributed by atoms with E-state index in [1.165, 1.54) is 4.90 Å². The van der Waals surface area contributed by atoms with Gasteiger partial charge in [0.1, 0.15) is 11.4 Å². The predicted molar refractivity (Wildman–Crippen MR) is 106 cm³/mol. The van der Waals surface area contributed by atoms with Gasteiger partial charge in [0, 0.05) is 25.3 Å². The van der Waals surface area contributed by atoms with Crippen molar-refractivity contribution < 1.29 is 27.5 Å². The SMILES string of the molecule is Nc1cc(-n2cc(C(=O)O)c(=O)c3cc(F)c(N4CC(N)C4)c(Cl)c32)c(F)c(F)c1F. The van der Waals surface area contributed by atoms with Crippen LogP contribution in [0.5, 0.6) is 0 Å². The standard InChI is InChI=1S/C19H13ClF4N4O3/c20-12-16-7(1-9(21)17(12)27-3-6(25)4-27)18(29)8(19(30)31)5-28(16)11-2-10(26)13(22)15(24)14(11)23/h1-2,5-6H,3-4,25-26H2,(H,30,31). The van der Waals surface area contributed by atoms with Gasteiger partial charge in [-0.3, -0.25) is 4.79 Å². The van der Waals surface area contributed by atoms with Crippen LogP contribution in [0.25, 0.3) is 16.6 Å². The van der Waals surface area contributed by atoms with Crippen LogP contribution in [0.1, 0.15) is 10.4 Å². The summed E-state index contributed by atoms with van der Waals surface area (Å²) in [6.07, 6.45) is 0.692. The van der Waals surface area contributed by atoms with Gasteiger partial charge in [-0.05, 0) is 12.1 Å². The smallest absolute Gasteiger partial charge is 0.341 e. The van der Waals surface area contributed by atoms with Crippen molar-refractivity contribution in [3.05, 3.63) is 62.4 Å². The van der Waals surface area contributed by atoms with Crippen molar-refractivity contribution in [1.82, 2.24) is 4.57 Å². The second-order valence-electron chi connectivity index (χ2n) is 7.06. The highest BCUT2D eigenvalue weighted by atomic mass is 35.5. The molecule has 1 aliphatic rings. The number of carbonyl (C=O) groups is 1. The van der Waals surface area contributed by atoms with Gasteiger partial charge in [-0.25, -0.2) is 22.4 Å². The van der Waals surface area contributed by atoms with Gasteiger partial charge in [-0.2, -0.15) is 0 Å².